The molecule has 1 aromatic heterocycles. The van der Waals surface area contributed by atoms with Crippen molar-refractivity contribution in [2.45, 2.75) is 12.6 Å². The van der Waals surface area contributed by atoms with Gasteiger partial charge in [0.1, 0.15) is 6.04 Å². The Morgan fingerprint density at radius 1 is 1.53 bits per heavy atom. The van der Waals surface area contributed by atoms with Gasteiger partial charge in [-0.25, -0.2) is 14.6 Å². The van der Waals surface area contributed by atoms with Crippen molar-refractivity contribution >= 4 is 23.8 Å². The first-order valence-corrected chi connectivity index (χ1v) is 7.14. The summed E-state index contributed by atoms with van der Waals surface area (Å²) in [6.45, 7) is 1.54. The lowest BCUT2D eigenvalue weighted by Crippen LogP contribution is -2.54. The number of carboxylic acid groups (broad SMARTS) is 1. The van der Waals surface area contributed by atoms with Gasteiger partial charge in [0.2, 0.25) is 0 Å². The lowest BCUT2D eigenvalue weighted by Gasteiger charge is -2.32. The maximum atomic E-state index is 12.0. The molecule has 0 spiro atoms. The zero-order chi connectivity index (χ0) is 13.7. The summed E-state index contributed by atoms with van der Waals surface area (Å²) in [6, 6.07) is -1.04. The van der Waals surface area contributed by atoms with Gasteiger partial charge in [-0.1, -0.05) is 0 Å². The standard InChI is InChI=1S/C11H16N4O3S/c16-10(17)9-7-19-6-5-15(9)11(18)13-2-4-14-3-1-12-8-14/h1,3,8-9H,2,4-7H2,(H,13,18)(H,16,17). The van der Waals surface area contributed by atoms with Crippen LogP contribution in [0, 0.1) is 0 Å². The van der Waals surface area contributed by atoms with Crippen LogP contribution in [0.25, 0.3) is 0 Å². The Balaban J connectivity index is 1.82. The molecule has 1 saturated heterocycles. The van der Waals surface area contributed by atoms with Crippen LogP contribution in [0.1, 0.15) is 0 Å². The summed E-state index contributed by atoms with van der Waals surface area (Å²) in [4.78, 5) is 28.3. The van der Waals surface area contributed by atoms with E-state index in [0.717, 1.165) is 5.75 Å². The van der Waals surface area contributed by atoms with Crippen LogP contribution in [-0.2, 0) is 11.3 Å². The number of hydrogen-bond donors (Lipinski definition) is 2. The highest BCUT2D eigenvalue weighted by Crippen LogP contribution is 2.16. The predicted molar refractivity (Wildman–Crippen MR) is 71.1 cm³/mol. The first-order chi connectivity index (χ1) is 9.18. The molecule has 0 bridgehead atoms. The molecule has 1 aliphatic rings. The Morgan fingerprint density at radius 3 is 3.05 bits per heavy atom. The third kappa shape index (κ3) is 3.63. The Morgan fingerprint density at radius 2 is 2.37 bits per heavy atom. The molecule has 1 atom stereocenters. The summed E-state index contributed by atoms with van der Waals surface area (Å²) in [6.07, 6.45) is 5.15. The molecule has 2 amide bonds. The fourth-order valence-electron chi connectivity index (χ4n) is 1.86. The molecule has 1 unspecified atom stereocenters. The van der Waals surface area contributed by atoms with Gasteiger partial charge < -0.3 is 19.9 Å². The number of carbonyl (C=O) groups excluding carboxylic acids is 1. The van der Waals surface area contributed by atoms with Crippen LogP contribution in [-0.4, -0.2) is 62.2 Å². The van der Waals surface area contributed by atoms with E-state index in [0.29, 0.717) is 25.4 Å². The molecule has 2 heterocycles. The average Bonchev–Trinajstić information content (AvgIpc) is 2.91. The van der Waals surface area contributed by atoms with Crippen LogP contribution in [0.2, 0.25) is 0 Å². The summed E-state index contributed by atoms with van der Waals surface area (Å²) in [5, 5.41) is 11.8. The van der Waals surface area contributed by atoms with Crippen molar-refractivity contribution in [1.29, 1.82) is 0 Å². The second kappa shape index (κ2) is 6.46. The topological polar surface area (TPSA) is 87.5 Å². The smallest absolute Gasteiger partial charge is 0.327 e. The number of hydrogen-bond acceptors (Lipinski definition) is 4. The number of nitrogens with one attached hydrogen (secondary N) is 1. The van der Waals surface area contributed by atoms with Crippen molar-refractivity contribution in [1.82, 2.24) is 19.8 Å². The van der Waals surface area contributed by atoms with Crippen molar-refractivity contribution in [3.05, 3.63) is 18.7 Å². The minimum Gasteiger partial charge on any atom is -0.480 e. The van der Waals surface area contributed by atoms with E-state index >= 15 is 0 Å². The first kappa shape index (κ1) is 13.7. The van der Waals surface area contributed by atoms with Crippen LogP contribution in [0.5, 0.6) is 0 Å². The minimum absolute atomic E-state index is 0.312. The second-order valence-electron chi connectivity index (χ2n) is 4.15. The molecule has 0 aliphatic carbocycles. The maximum Gasteiger partial charge on any atom is 0.327 e. The van der Waals surface area contributed by atoms with Gasteiger partial charge in [-0.3, -0.25) is 0 Å². The Labute approximate surface area is 115 Å². The monoisotopic (exact) mass is 284 g/mol. The van der Waals surface area contributed by atoms with E-state index in [4.69, 9.17) is 5.11 Å². The largest absolute Gasteiger partial charge is 0.480 e. The van der Waals surface area contributed by atoms with E-state index in [1.807, 2.05) is 10.8 Å². The highest BCUT2D eigenvalue weighted by atomic mass is 32.2. The lowest BCUT2D eigenvalue weighted by atomic mass is 10.3. The van der Waals surface area contributed by atoms with Gasteiger partial charge >= 0.3 is 12.0 Å². The normalized spacial score (nSPS) is 19.2. The van der Waals surface area contributed by atoms with Gasteiger partial charge in [-0.05, 0) is 0 Å². The van der Waals surface area contributed by atoms with E-state index < -0.39 is 12.0 Å². The molecular formula is C11H16N4O3S. The zero-order valence-electron chi connectivity index (χ0n) is 10.4. The number of aliphatic carboxylic acids is 1. The number of urea groups is 1. The number of carboxylic acids is 1. The zero-order valence-corrected chi connectivity index (χ0v) is 11.2. The molecule has 7 nitrogen and oxygen atoms in total. The van der Waals surface area contributed by atoms with Gasteiger partial charge in [0.25, 0.3) is 0 Å². The Hall–Kier alpha value is -1.70. The molecule has 2 N–H and O–H groups in total. The Bertz CT molecular complexity index is 437. The Kier molecular flexibility index (Phi) is 4.67. The highest BCUT2D eigenvalue weighted by molar-refractivity contribution is 7.99. The van der Waals surface area contributed by atoms with Gasteiger partial charge in [0.05, 0.1) is 6.33 Å². The van der Waals surface area contributed by atoms with Crippen LogP contribution >= 0.6 is 11.8 Å². The van der Waals surface area contributed by atoms with Crippen LogP contribution in [0.3, 0.4) is 0 Å². The van der Waals surface area contributed by atoms with Crippen LogP contribution in [0.4, 0.5) is 4.79 Å². The molecule has 0 aromatic carbocycles. The van der Waals surface area contributed by atoms with E-state index in [2.05, 4.69) is 10.3 Å². The fraction of sp³-hybridized carbons (Fsp3) is 0.545. The molecule has 2 rings (SSSR count). The summed E-state index contributed by atoms with van der Waals surface area (Å²) >= 11 is 1.56. The molecular weight excluding hydrogens is 268 g/mol. The molecule has 1 fully saturated rings. The predicted octanol–water partition coefficient (Wildman–Crippen LogP) is 0.0947. The van der Waals surface area contributed by atoms with Gasteiger partial charge in [0.15, 0.2) is 0 Å². The van der Waals surface area contributed by atoms with Gasteiger partial charge in [0, 0.05) is 43.5 Å². The maximum absolute atomic E-state index is 12.0. The fourth-order valence-corrected chi connectivity index (χ4v) is 2.90. The lowest BCUT2D eigenvalue weighted by molar-refractivity contribution is -0.141. The third-order valence-electron chi connectivity index (χ3n) is 2.88. The number of rotatable bonds is 4. The molecule has 1 aliphatic heterocycles. The number of nitrogens with zero attached hydrogens (tertiary/aromatic N) is 3. The first-order valence-electron chi connectivity index (χ1n) is 5.99. The number of thioether (sulfide) groups is 1. The van der Waals surface area contributed by atoms with E-state index in [1.165, 1.54) is 4.90 Å². The van der Waals surface area contributed by atoms with Crippen molar-refractivity contribution < 1.29 is 14.7 Å². The number of amides is 2. The van der Waals surface area contributed by atoms with Crippen molar-refractivity contribution in [3.63, 3.8) is 0 Å². The highest BCUT2D eigenvalue weighted by Gasteiger charge is 2.32. The molecule has 104 valence electrons. The minimum atomic E-state index is -0.947. The third-order valence-corrected chi connectivity index (χ3v) is 3.90. The summed E-state index contributed by atoms with van der Waals surface area (Å²) in [5.41, 5.74) is 0. The summed E-state index contributed by atoms with van der Waals surface area (Å²) < 4.78 is 1.85. The molecule has 19 heavy (non-hydrogen) atoms. The average molecular weight is 284 g/mol. The van der Waals surface area contributed by atoms with Crippen LogP contribution < -0.4 is 5.32 Å². The van der Waals surface area contributed by atoms with E-state index in [1.54, 1.807) is 24.3 Å². The van der Waals surface area contributed by atoms with Crippen molar-refractivity contribution in [2.24, 2.45) is 0 Å². The quantitative estimate of drug-likeness (QED) is 0.818. The molecule has 0 saturated carbocycles. The van der Waals surface area contributed by atoms with Gasteiger partial charge in [-0.15, -0.1) is 0 Å². The van der Waals surface area contributed by atoms with Gasteiger partial charge in [-0.2, -0.15) is 11.8 Å². The number of imidazole rings is 1. The van der Waals surface area contributed by atoms with Crippen molar-refractivity contribution in [3.8, 4) is 0 Å². The second-order valence-corrected chi connectivity index (χ2v) is 5.30. The summed E-state index contributed by atoms with van der Waals surface area (Å²) in [5.74, 6) is 0.278. The summed E-state index contributed by atoms with van der Waals surface area (Å²) in [7, 11) is 0. The molecule has 8 heteroatoms. The number of carbonyl (C=O) groups is 2. The number of aromatic nitrogens is 2. The van der Waals surface area contributed by atoms with E-state index in [9.17, 15) is 9.59 Å². The van der Waals surface area contributed by atoms with E-state index in [-0.39, 0.29) is 6.03 Å². The molecule has 0 radical (unpaired) electrons. The SMILES string of the molecule is O=C(O)C1CSCCN1C(=O)NCCn1ccnc1. The van der Waals surface area contributed by atoms with Crippen LogP contribution in [0.15, 0.2) is 18.7 Å². The van der Waals surface area contributed by atoms with Crippen molar-refractivity contribution in [2.75, 3.05) is 24.6 Å². The molecule has 1 aromatic rings.